The second kappa shape index (κ2) is 9.34. The molecule has 7 nitrogen and oxygen atoms in total. The van der Waals surface area contributed by atoms with Gasteiger partial charge in [0.05, 0.1) is 29.9 Å². The Labute approximate surface area is 207 Å². The van der Waals surface area contributed by atoms with E-state index in [-0.39, 0.29) is 19.4 Å². The number of nitrogens with zero attached hydrogens (tertiary/aromatic N) is 3. The van der Waals surface area contributed by atoms with Gasteiger partial charge in [0, 0.05) is 24.1 Å². The van der Waals surface area contributed by atoms with Crippen LogP contribution in [0.1, 0.15) is 29.2 Å². The van der Waals surface area contributed by atoms with Gasteiger partial charge >= 0.3 is 11.7 Å². The third-order valence-electron chi connectivity index (χ3n) is 6.80. The highest BCUT2D eigenvalue weighted by molar-refractivity contribution is 5.87. The Hall–Kier alpha value is -4.39. The first kappa shape index (κ1) is 23.4. The van der Waals surface area contributed by atoms with Gasteiger partial charge in [-0.05, 0) is 48.2 Å². The van der Waals surface area contributed by atoms with E-state index < -0.39 is 23.3 Å². The number of hydrogen-bond donors (Lipinski definition) is 1. The van der Waals surface area contributed by atoms with Gasteiger partial charge in [0.15, 0.2) is 0 Å². The van der Waals surface area contributed by atoms with Crippen LogP contribution in [0.4, 0.5) is 0 Å². The van der Waals surface area contributed by atoms with Crippen LogP contribution in [0.2, 0.25) is 0 Å². The van der Waals surface area contributed by atoms with Gasteiger partial charge < -0.3 is 9.67 Å². The minimum Gasteiger partial charge on any atom is -0.481 e. The summed E-state index contributed by atoms with van der Waals surface area (Å²) in [7, 11) is 1.97. The summed E-state index contributed by atoms with van der Waals surface area (Å²) in [6.45, 7) is 2.29. The van der Waals surface area contributed by atoms with Gasteiger partial charge in [0.1, 0.15) is 0 Å². The largest absolute Gasteiger partial charge is 0.481 e. The first-order chi connectivity index (χ1) is 17.3. The Bertz CT molecular complexity index is 1710. The van der Waals surface area contributed by atoms with E-state index in [1.165, 1.54) is 0 Å². The Balaban J connectivity index is 1.74. The number of carboxylic acid groups (broad SMARTS) is 1. The number of aliphatic carboxylic acids is 1. The first-order valence-corrected chi connectivity index (χ1v) is 11.9. The highest BCUT2D eigenvalue weighted by atomic mass is 16.4. The van der Waals surface area contributed by atoms with Crippen molar-refractivity contribution in [3.8, 4) is 0 Å². The lowest BCUT2D eigenvalue weighted by molar-refractivity contribution is -0.137. The minimum atomic E-state index is -1.06. The summed E-state index contributed by atoms with van der Waals surface area (Å²) in [5.74, 6) is -1.06. The van der Waals surface area contributed by atoms with E-state index in [9.17, 15) is 19.5 Å². The number of benzene rings is 3. The molecule has 36 heavy (non-hydrogen) atoms. The van der Waals surface area contributed by atoms with E-state index in [2.05, 4.69) is 0 Å². The third-order valence-corrected chi connectivity index (χ3v) is 6.80. The fourth-order valence-corrected chi connectivity index (χ4v) is 5.18. The summed E-state index contributed by atoms with van der Waals surface area (Å²) in [5.41, 5.74) is 3.53. The molecule has 2 aromatic heterocycles. The zero-order valence-corrected chi connectivity index (χ0v) is 20.2. The number of aromatic nitrogens is 3. The highest BCUT2D eigenvalue weighted by Gasteiger charge is 2.24. The van der Waals surface area contributed by atoms with Crippen LogP contribution in [0.5, 0.6) is 0 Å². The molecule has 1 atom stereocenters. The van der Waals surface area contributed by atoms with Crippen molar-refractivity contribution in [2.45, 2.75) is 32.4 Å². The zero-order valence-electron chi connectivity index (χ0n) is 20.2. The molecule has 5 rings (SSSR count). The van der Waals surface area contributed by atoms with Crippen LogP contribution in [-0.2, 0) is 24.8 Å². The average Bonchev–Trinajstić information content (AvgIpc) is 3.18. The Morgan fingerprint density at radius 1 is 0.917 bits per heavy atom. The monoisotopic (exact) mass is 481 g/mol. The second-order valence-corrected chi connectivity index (χ2v) is 9.24. The van der Waals surface area contributed by atoms with Crippen molar-refractivity contribution in [1.82, 2.24) is 13.7 Å². The minimum absolute atomic E-state index is 0.257. The average molecular weight is 482 g/mol. The van der Waals surface area contributed by atoms with Gasteiger partial charge in [0.2, 0.25) is 0 Å². The predicted octanol–water partition coefficient (Wildman–Crippen LogP) is 4.27. The van der Waals surface area contributed by atoms with Crippen LogP contribution in [0.15, 0.2) is 88.6 Å². The Morgan fingerprint density at radius 2 is 1.61 bits per heavy atom. The molecule has 0 fully saturated rings. The molecular weight excluding hydrogens is 454 g/mol. The number of rotatable bonds is 7. The quantitative estimate of drug-likeness (QED) is 0.376. The molecule has 0 saturated carbocycles. The lowest BCUT2D eigenvalue weighted by atomic mass is 10.0. The van der Waals surface area contributed by atoms with E-state index in [4.69, 9.17) is 0 Å². The van der Waals surface area contributed by atoms with Gasteiger partial charge in [-0.3, -0.25) is 18.7 Å². The number of fused-ring (bicyclic) bond motifs is 2. The molecule has 7 heteroatoms. The molecule has 2 heterocycles. The fourth-order valence-electron chi connectivity index (χ4n) is 5.18. The molecule has 1 N–H and O–H groups in total. The molecule has 1 unspecified atom stereocenters. The predicted molar refractivity (Wildman–Crippen MR) is 141 cm³/mol. The standard InChI is InChI=1S/C29H27N3O4/c1-19-9-8-14-25-27(19)21(17-30(25)2)18-31-24-13-7-6-12-23(24)28(35)32(29(31)36)22(16-26(33)34)15-20-10-4-3-5-11-20/h3-14,17,22H,15-16,18H2,1-2H3,(H,33,34). The van der Waals surface area contributed by atoms with Gasteiger partial charge in [-0.2, -0.15) is 0 Å². The van der Waals surface area contributed by atoms with Gasteiger partial charge in [-0.15, -0.1) is 0 Å². The summed E-state index contributed by atoms with van der Waals surface area (Å²) < 4.78 is 4.77. The molecule has 0 spiro atoms. The molecule has 182 valence electrons. The van der Waals surface area contributed by atoms with Crippen molar-refractivity contribution in [2.75, 3.05) is 0 Å². The van der Waals surface area contributed by atoms with E-state index in [0.29, 0.717) is 10.9 Å². The maximum absolute atomic E-state index is 14.0. The molecule has 0 saturated heterocycles. The van der Waals surface area contributed by atoms with E-state index in [1.54, 1.807) is 28.8 Å². The molecule has 0 aliphatic rings. The summed E-state index contributed by atoms with van der Waals surface area (Å²) >= 11 is 0. The number of carbonyl (C=O) groups is 1. The van der Waals surface area contributed by atoms with Gasteiger partial charge in [-0.25, -0.2) is 4.79 Å². The van der Waals surface area contributed by atoms with Crippen molar-refractivity contribution < 1.29 is 9.90 Å². The molecule has 0 bridgehead atoms. The van der Waals surface area contributed by atoms with Gasteiger partial charge in [0.25, 0.3) is 5.56 Å². The molecule has 0 aliphatic heterocycles. The molecule has 0 aliphatic carbocycles. The van der Waals surface area contributed by atoms with Crippen LogP contribution in [0, 0.1) is 6.92 Å². The fraction of sp³-hybridized carbons (Fsp3) is 0.207. The normalized spacial score (nSPS) is 12.3. The highest BCUT2D eigenvalue weighted by Crippen LogP contribution is 2.26. The molecule has 0 amide bonds. The SMILES string of the molecule is Cc1cccc2c1c(Cn1c(=O)n(C(CC(=O)O)Cc3ccccc3)c(=O)c3ccccc31)cn2C. The Kier molecular flexibility index (Phi) is 6.06. The van der Waals surface area contributed by atoms with Crippen LogP contribution in [0.25, 0.3) is 21.8 Å². The zero-order chi connectivity index (χ0) is 25.4. The van der Waals surface area contributed by atoms with E-state index >= 15 is 0 Å². The first-order valence-electron chi connectivity index (χ1n) is 11.9. The third kappa shape index (κ3) is 4.13. The Morgan fingerprint density at radius 3 is 2.36 bits per heavy atom. The molecular formula is C29H27N3O4. The number of para-hydroxylation sites is 1. The lowest BCUT2D eigenvalue weighted by Crippen LogP contribution is -2.43. The number of hydrogen-bond acceptors (Lipinski definition) is 3. The van der Waals surface area contributed by atoms with Crippen LogP contribution >= 0.6 is 0 Å². The van der Waals surface area contributed by atoms with Crippen molar-refractivity contribution >= 4 is 27.8 Å². The van der Waals surface area contributed by atoms with Crippen molar-refractivity contribution in [2.24, 2.45) is 7.05 Å². The second-order valence-electron chi connectivity index (χ2n) is 9.24. The van der Waals surface area contributed by atoms with E-state index in [1.807, 2.05) is 73.3 Å². The van der Waals surface area contributed by atoms with Crippen molar-refractivity contribution in [3.05, 3.63) is 117 Å². The molecule has 3 aromatic carbocycles. The van der Waals surface area contributed by atoms with Crippen LogP contribution in [0.3, 0.4) is 0 Å². The molecule has 5 aromatic rings. The van der Waals surface area contributed by atoms with Crippen molar-refractivity contribution in [1.29, 1.82) is 0 Å². The molecule has 0 radical (unpaired) electrons. The lowest BCUT2D eigenvalue weighted by Gasteiger charge is -2.21. The summed E-state index contributed by atoms with van der Waals surface area (Å²) in [6, 6.07) is 21.6. The number of aryl methyl sites for hydroxylation is 2. The summed E-state index contributed by atoms with van der Waals surface area (Å²) in [4.78, 5) is 39.4. The van der Waals surface area contributed by atoms with Crippen LogP contribution < -0.4 is 11.2 Å². The summed E-state index contributed by atoms with van der Waals surface area (Å²) in [6.07, 6.45) is 1.93. The van der Waals surface area contributed by atoms with E-state index in [0.717, 1.165) is 32.2 Å². The number of carboxylic acids is 1. The van der Waals surface area contributed by atoms with Gasteiger partial charge in [-0.1, -0.05) is 54.6 Å². The maximum atomic E-state index is 14.0. The maximum Gasteiger partial charge on any atom is 0.332 e. The smallest absolute Gasteiger partial charge is 0.332 e. The van der Waals surface area contributed by atoms with Crippen molar-refractivity contribution in [3.63, 3.8) is 0 Å². The topological polar surface area (TPSA) is 86.2 Å². The summed E-state index contributed by atoms with van der Waals surface area (Å²) in [5, 5.41) is 11.1. The van der Waals surface area contributed by atoms with Crippen LogP contribution in [-0.4, -0.2) is 24.8 Å².